The Morgan fingerprint density at radius 1 is 1.12 bits per heavy atom. The third-order valence-corrected chi connectivity index (χ3v) is 7.02. The van der Waals surface area contributed by atoms with Crippen molar-refractivity contribution in [2.45, 2.75) is 50.2 Å². The molecule has 3 aliphatic rings. The lowest BCUT2D eigenvalue weighted by Gasteiger charge is -2.30. The molecule has 3 aromatic rings. The van der Waals surface area contributed by atoms with E-state index in [9.17, 15) is 13.6 Å². The van der Waals surface area contributed by atoms with Gasteiger partial charge in [-0.25, -0.2) is 18.7 Å². The summed E-state index contributed by atoms with van der Waals surface area (Å²) in [7, 11) is 1.73. The highest BCUT2D eigenvalue weighted by molar-refractivity contribution is 5.96. The van der Waals surface area contributed by atoms with Crippen LogP contribution in [0, 0.1) is 11.6 Å². The molecule has 9 heteroatoms. The van der Waals surface area contributed by atoms with E-state index in [0.29, 0.717) is 61.2 Å². The largest absolute Gasteiger partial charge is 0.373 e. The molecule has 1 saturated heterocycles. The fraction of sp³-hybridized carbons (Fsp3) is 0.440. The Labute approximate surface area is 195 Å². The number of amides is 1. The molecule has 2 unspecified atom stereocenters. The zero-order valence-corrected chi connectivity index (χ0v) is 18.9. The number of carbonyl (C=O) groups is 1. The van der Waals surface area contributed by atoms with Gasteiger partial charge in [-0.1, -0.05) is 0 Å². The first-order valence-corrected chi connectivity index (χ1v) is 11.8. The van der Waals surface area contributed by atoms with Crippen LogP contribution in [0.25, 0.3) is 11.3 Å². The average molecular weight is 466 g/mol. The molecule has 1 amide bonds. The van der Waals surface area contributed by atoms with Gasteiger partial charge >= 0.3 is 0 Å². The van der Waals surface area contributed by atoms with Crippen molar-refractivity contribution in [1.29, 1.82) is 0 Å². The number of fused-ring (bicyclic) bond motifs is 1. The molecular weight excluding hydrogens is 440 g/mol. The fourth-order valence-corrected chi connectivity index (χ4v) is 4.89. The summed E-state index contributed by atoms with van der Waals surface area (Å²) in [5.41, 5.74) is 2.51. The second kappa shape index (κ2) is 8.23. The first kappa shape index (κ1) is 21.3. The average Bonchev–Trinajstić information content (AvgIpc) is 3.57. The van der Waals surface area contributed by atoms with E-state index in [4.69, 9.17) is 14.7 Å². The van der Waals surface area contributed by atoms with Gasteiger partial charge in [0, 0.05) is 55.1 Å². The Morgan fingerprint density at radius 3 is 2.74 bits per heavy atom. The summed E-state index contributed by atoms with van der Waals surface area (Å²) in [4.78, 5) is 24.1. The van der Waals surface area contributed by atoms with E-state index in [1.165, 1.54) is 12.1 Å². The first-order valence-electron chi connectivity index (χ1n) is 11.8. The molecule has 2 fully saturated rings. The minimum Gasteiger partial charge on any atom is -0.373 e. The van der Waals surface area contributed by atoms with Crippen LogP contribution in [0.5, 0.6) is 0 Å². The lowest BCUT2D eigenvalue weighted by Crippen LogP contribution is -2.36. The molecule has 2 aromatic heterocycles. The maximum Gasteiger partial charge on any atom is 0.272 e. The van der Waals surface area contributed by atoms with E-state index in [1.54, 1.807) is 11.9 Å². The molecule has 176 valence electrons. The van der Waals surface area contributed by atoms with E-state index in [0.717, 1.165) is 24.5 Å². The third-order valence-electron chi connectivity index (χ3n) is 7.02. The van der Waals surface area contributed by atoms with Gasteiger partial charge in [-0.2, -0.15) is 5.10 Å². The summed E-state index contributed by atoms with van der Waals surface area (Å²) < 4.78 is 36.4. The number of rotatable bonds is 4. The molecule has 2 aliphatic heterocycles. The van der Waals surface area contributed by atoms with Crippen LogP contribution < -0.4 is 0 Å². The van der Waals surface area contributed by atoms with Crippen LogP contribution in [0.3, 0.4) is 0 Å². The van der Waals surface area contributed by atoms with E-state index >= 15 is 0 Å². The van der Waals surface area contributed by atoms with Crippen LogP contribution in [0.15, 0.2) is 30.6 Å². The van der Waals surface area contributed by atoms with E-state index in [-0.39, 0.29) is 23.5 Å². The Bertz CT molecular complexity index is 1270. The summed E-state index contributed by atoms with van der Waals surface area (Å²) in [5, 5.41) is 4.48. The van der Waals surface area contributed by atoms with Gasteiger partial charge < -0.3 is 9.64 Å². The predicted molar refractivity (Wildman–Crippen MR) is 119 cm³/mol. The summed E-state index contributed by atoms with van der Waals surface area (Å²) >= 11 is 0. The molecule has 0 radical (unpaired) electrons. The Morgan fingerprint density at radius 2 is 1.94 bits per heavy atom. The van der Waals surface area contributed by atoms with Gasteiger partial charge in [0.05, 0.1) is 24.0 Å². The monoisotopic (exact) mass is 465 g/mol. The number of halogens is 2. The van der Waals surface area contributed by atoms with Crippen LogP contribution in [0.2, 0.25) is 0 Å². The number of benzene rings is 1. The normalized spacial score (nSPS) is 22.7. The second-order valence-electron chi connectivity index (χ2n) is 9.42. The number of hydrogen-bond donors (Lipinski definition) is 0. The van der Waals surface area contributed by atoms with Crippen molar-refractivity contribution >= 4 is 5.91 Å². The summed E-state index contributed by atoms with van der Waals surface area (Å²) in [5.74, 6) is -1.11. The number of carbonyl (C=O) groups excluding carboxylic acids is 1. The molecule has 1 saturated carbocycles. The Balaban J connectivity index is 1.38. The maximum absolute atomic E-state index is 14.8. The van der Waals surface area contributed by atoms with Gasteiger partial charge in [-0.3, -0.25) is 9.48 Å². The van der Waals surface area contributed by atoms with Crippen molar-refractivity contribution in [2.75, 3.05) is 20.2 Å². The zero-order valence-electron chi connectivity index (χ0n) is 18.9. The molecule has 6 rings (SSSR count). The summed E-state index contributed by atoms with van der Waals surface area (Å²) in [6.07, 6.45) is 7.93. The van der Waals surface area contributed by atoms with Crippen LogP contribution >= 0.6 is 0 Å². The highest BCUT2D eigenvalue weighted by Gasteiger charge is 2.34. The topological polar surface area (TPSA) is 73.1 Å². The number of aromatic nitrogens is 4. The highest BCUT2D eigenvalue weighted by atomic mass is 19.1. The SMILES string of the molecule is CN1CCc2c(nc(C3CCOC(c4cnn(C5CC5)c4)C3)nc2-c2ccc(F)cc2F)C1=O. The second-order valence-corrected chi connectivity index (χ2v) is 9.42. The summed E-state index contributed by atoms with van der Waals surface area (Å²) in [6, 6.07) is 3.94. The van der Waals surface area contributed by atoms with Crippen molar-refractivity contribution in [3.8, 4) is 11.3 Å². The Kier molecular flexibility index (Phi) is 5.17. The van der Waals surface area contributed by atoms with Crippen molar-refractivity contribution < 1.29 is 18.3 Å². The van der Waals surface area contributed by atoms with Crippen LogP contribution in [0.1, 0.15) is 71.2 Å². The van der Waals surface area contributed by atoms with Crippen LogP contribution in [-0.2, 0) is 11.2 Å². The molecule has 1 aliphatic carbocycles. The van der Waals surface area contributed by atoms with Crippen molar-refractivity contribution in [3.63, 3.8) is 0 Å². The quantitative estimate of drug-likeness (QED) is 0.577. The lowest BCUT2D eigenvalue weighted by atomic mass is 9.91. The smallest absolute Gasteiger partial charge is 0.272 e. The number of nitrogens with zero attached hydrogens (tertiary/aromatic N) is 5. The van der Waals surface area contributed by atoms with Gasteiger partial charge in [0.1, 0.15) is 23.2 Å². The van der Waals surface area contributed by atoms with E-state index in [2.05, 4.69) is 11.3 Å². The minimum atomic E-state index is -0.699. The van der Waals surface area contributed by atoms with E-state index < -0.39 is 11.6 Å². The molecule has 1 aromatic carbocycles. The first-order chi connectivity index (χ1) is 16.5. The van der Waals surface area contributed by atoms with E-state index in [1.807, 2.05) is 10.9 Å². The van der Waals surface area contributed by atoms with Crippen molar-refractivity contribution in [3.05, 3.63) is 64.9 Å². The third kappa shape index (κ3) is 3.77. The molecule has 34 heavy (non-hydrogen) atoms. The van der Waals surface area contributed by atoms with Crippen molar-refractivity contribution in [1.82, 2.24) is 24.6 Å². The van der Waals surface area contributed by atoms with Gasteiger partial charge in [0.15, 0.2) is 0 Å². The number of ether oxygens (including phenoxy) is 1. The van der Waals surface area contributed by atoms with Gasteiger partial charge in [0.2, 0.25) is 0 Å². The zero-order chi connectivity index (χ0) is 23.4. The molecule has 0 bridgehead atoms. The minimum absolute atomic E-state index is 0.0596. The Hall–Kier alpha value is -3.20. The highest BCUT2D eigenvalue weighted by Crippen LogP contribution is 2.40. The van der Waals surface area contributed by atoms with Crippen molar-refractivity contribution in [2.24, 2.45) is 0 Å². The van der Waals surface area contributed by atoms with Crippen LogP contribution in [0.4, 0.5) is 8.78 Å². The van der Waals surface area contributed by atoms with Gasteiger partial charge in [-0.05, 0) is 44.2 Å². The molecule has 7 nitrogen and oxygen atoms in total. The van der Waals surface area contributed by atoms with Gasteiger partial charge in [-0.15, -0.1) is 0 Å². The lowest BCUT2D eigenvalue weighted by molar-refractivity contribution is 0.00387. The number of likely N-dealkylation sites (N-methyl/N-ethyl adjacent to an activating group) is 1. The molecule has 0 N–H and O–H groups in total. The van der Waals surface area contributed by atoms with Gasteiger partial charge in [0.25, 0.3) is 5.91 Å². The molecule has 0 spiro atoms. The molecule has 4 heterocycles. The molecule has 2 atom stereocenters. The standard InChI is InChI=1S/C25H25F2N5O2/c1-31-8-6-19-22(18-5-2-16(26)11-20(18)27)29-24(30-23(19)25(31)33)14-7-9-34-21(10-14)15-12-28-32(13-15)17-3-4-17/h2,5,11-14,17,21H,3-4,6-10H2,1H3. The summed E-state index contributed by atoms with van der Waals surface area (Å²) in [6.45, 7) is 1.02. The predicted octanol–water partition coefficient (Wildman–Crippen LogP) is 4.22. The molecular formula is C25H25F2N5O2. The fourth-order valence-electron chi connectivity index (χ4n) is 4.89. The van der Waals surface area contributed by atoms with Crippen LogP contribution in [-0.4, -0.2) is 50.8 Å². The maximum atomic E-state index is 14.8. The number of hydrogen-bond acceptors (Lipinski definition) is 5.